The Balaban J connectivity index is 1.77. The van der Waals surface area contributed by atoms with Gasteiger partial charge in [0, 0.05) is 24.7 Å². The number of halogens is 6. The van der Waals surface area contributed by atoms with Crippen LogP contribution in [0.2, 0.25) is 0 Å². The molecule has 1 heterocycles. The molecule has 0 spiro atoms. The summed E-state index contributed by atoms with van der Waals surface area (Å²) in [4.78, 5) is 4.36. The van der Waals surface area contributed by atoms with Crippen LogP contribution in [0.3, 0.4) is 0 Å². The van der Waals surface area contributed by atoms with Gasteiger partial charge in [0.05, 0.1) is 16.6 Å². The Hall–Kier alpha value is -2.61. The van der Waals surface area contributed by atoms with Crippen LogP contribution >= 0.6 is 0 Å². The van der Waals surface area contributed by atoms with E-state index in [0.717, 1.165) is 34.2 Å². The molecule has 2 nitrogen and oxygen atoms in total. The molecule has 0 radical (unpaired) electrons. The summed E-state index contributed by atoms with van der Waals surface area (Å²) in [5, 5.41) is 3.79. The van der Waals surface area contributed by atoms with Crippen molar-refractivity contribution < 1.29 is 26.3 Å². The van der Waals surface area contributed by atoms with Crippen LogP contribution in [0.25, 0.3) is 10.9 Å². The monoisotopic (exact) mass is 398 g/mol. The van der Waals surface area contributed by atoms with Crippen molar-refractivity contribution in [2.24, 2.45) is 0 Å². The molecule has 0 amide bonds. The molecule has 1 aromatic heterocycles. The molecule has 8 heteroatoms. The normalized spacial score (nSPS) is 12.5. The molecule has 28 heavy (non-hydrogen) atoms. The minimum atomic E-state index is -4.85. The van der Waals surface area contributed by atoms with E-state index in [4.69, 9.17) is 0 Å². The number of hydrogen-bond acceptors (Lipinski definition) is 2. The lowest BCUT2D eigenvalue weighted by Crippen LogP contribution is -2.16. The van der Waals surface area contributed by atoms with Crippen LogP contribution in [0.15, 0.2) is 48.7 Å². The highest BCUT2D eigenvalue weighted by Crippen LogP contribution is 2.36. The van der Waals surface area contributed by atoms with Crippen LogP contribution in [-0.4, -0.2) is 4.98 Å². The number of para-hydroxylation sites is 1. The van der Waals surface area contributed by atoms with Gasteiger partial charge in [-0.15, -0.1) is 0 Å². The zero-order valence-corrected chi connectivity index (χ0v) is 14.7. The van der Waals surface area contributed by atoms with Crippen molar-refractivity contribution in [2.75, 3.05) is 0 Å². The largest absolute Gasteiger partial charge is 0.416 e. The fourth-order valence-electron chi connectivity index (χ4n) is 2.93. The summed E-state index contributed by atoms with van der Waals surface area (Å²) in [5.41, 5.74) is -0.0867. The second-order valence-electron chi connectivity index (χ2n) is 6.51. The summed E-state index contributed by atoms with van der Waals surface area (Å²) in [6.45, 7) is 2.05. The van der Waals surface area contributed by atoms with Gasteiger partial charge in [0.25, 0.3) is 0 Å². The first-order chi connectivity index (χ1) is 13.0. The molecule has 2 aromatic carbocycles. The number of nitrogens with zero attached hydrogens (tertiary/aromatic N) is 1. The van der Waals surface area contributed by atoms with E-state index < -0.39 is 23.5 Å². The topological polar surface area (TPSA) is 24.9 Å². The molecular formula is C20H16F6N2. The van der Waals surface area contributed by atoms with Gasteiger partial charge in [0.1, 0.15) is 0 Å². The maximum atomic E-state index is 12.9. The summed E-state index contributed by atoms with van der Waals surface area (Å²) >= 11 is 0. The van der Waals surface area contributed by atoms with E-state index in [1.807, 2.05) is 31.2 Å². The minimum absolute atomic E-state index is 0.0910. The van der Waals surface area contributed by atoms with E-state index >= 15 is 0 Å². The minimum Gasteiger partial charge on any atom is -0.309 e. The van der Waals surface area contributed by atoms with Crippen molar-refractivity contribution in [3.05, 3.63) is 76.5 Å². The van der Waals surface area contributed by atoms with Crippen LogP contribution in [0, 0.1) is 6.92 Å². The Labute approximate surface area is 157 Å². The molecule has 3 rings (SSSR count). The lowest BCUT2D eigenvalue weighted by molar-refractivity contribution is -0.143. The van der Waals surface area contributed by atoms with Gasteiger partial charge in [0.15, 0.2) is 0 Å². The molecule has 0 fully saturated rings. The van der Waals surface area contributed by atoms with Crippen molar-refractivity contribution in [1.29, 1.82) is 0 Å². The van der Waals surface area contributed by atoms with Gasteiger partial charge in [-0.3, -0.25) is 4.98 Å². The SMILES string of the molecule is Cc1cccc2cc(CNCc3cc(C(F)(F)F)cc(C(F)(F)F)c3)cnc12. The number of aromatic nitrogens is 1. The zero-order chi connectivity index (χ0) is 20.5. The number of pyridine rings is 1. The molecule has 0 aliphatic heterocycles. The average molecular weight is 398 g/mol. The fraction of sp³-hybridized carbons (Fsp3) is 0.250. The molecule has 0 aliphatic rings. The van der Waals surface area contributed by atoms with Crippen molar-refractivity contribution in [3.63, 3.8) is 0 Å². The van der Waals surface area contributed by atoms with Gasteiger partial charge in [-0.25, -0.2) is 0 Å². The molecule has 3 aromatic rings. The van der Waals surface area contributed by atoms with E-state index in [2.05, 4.69) is 10.3 Å². The Morgan fingerprint density at radius 1 is 0.821 bits per heavy atom. The summed E-state index contributed by atoms with van der Waals surface area (Å²) in [6, 6.07) is 9.17. The van der Waals surface area contributed by atoms with Gasteiger partial charge in [-0.2, -0.15) is 26.3 Å². The molecule has 0 bridgehead atoms. The first-order valence-corrected chi connectivity index (χ1v) is 8.37. The Kier molecular flexibility index (Phi) is 5.34. The van der Waals surface area contributed by atoms with Crippen LogP contribution < -0.4 is 5.32 Å². The van der Waals surface area contributed by atoms with Crippen molar-refractivity contribution in [2.45, 2.75) is 32.4 Å². The number of alkyl halides is 6. The van der Waals surface area contributed by atoms with E-state index in [9.17, 15) is 26.3 Å². The molecule has 0 saturated heterocycles. The number of fused-ring (bicyclic) bond motifs is 1. The van der Waals surface area contributed by atoms with E-state index in [1.165, 1.54) is 0 Å². The average Bonchev–Trinajstić information content (AvgIpc) is 2.60. The lowest BCUT2D eigenvalue weighted by atomic mass is 10.0. The van der Waals surface area contributed by atoms with Crippen LogP contribution in [0.5, 0.6) is 0 Å². The molecule has 1 N–H and O–H groups in total. The van der Waals surface area contributed by atoms with Gasteiger partial charge < -0.3 is 5.32 Å². The van der Waals surface area contributed by atoms with Crippen LogP contribution in [0.1, 0.15) is 27.8 Å². The first-order valence-electron chi connectivity index (χ1n) is 8.37. The fourth-order valence-corrected chi connectivity index (χ4v) is 2.93. The Morgan fingerprint density at radius 3 is 2.04 bits per heavy atom. The highest BCUT2D eigenvalue weighted by atomic mass is 19.4. The maximum Gasteiger partial charge on any atom is 0.416 e. The molecule has 0 aliphatic carbocycles. The summed E-state index contributed by atoms with van der Waals surface area (Å²) in [7, 11) is 0. The first kappa shape index (κ1) is 20.1. The van der Waals surface area contributed by atoms with Crippen LogP contribution in [0.4, 0.5) is 26.3 Å². The summed E-state index contributed by atoms with van der Waals surface area (Å²) < 4.78 is 77.4. The van der Waals surface area contributed by atoms with Crippen molar-refractivity contribution in [3.8, 4) is 0 Å². The molecule has 0 saturated carbocycles. The standard InChI is InChI=1S/C20H16F6N2/c1-12-3-2-4-15-5-14(11-28-18(12)15)10-27-9-13-6-16(19(21,22)23)8-17(7-13)20(24,25)26/h2-8,11,27H,9-10H2,1H3. The van der Waals surface area contributed by atoms with Crippen LogP contribution in [-0.2, 0) is 25.4 Å². The second-order valence-corrected chi connectivity index (χ2v) is 6.51. The number of hydrogen-bond donors (Lipinski definition) is 1. The predicted molar refractivity (Wildman–Crippen MR) is 93.5 cm³/mol. The van der Waals surface area contributed by atoms with Crippen molar-refractivity contribution >= 4 is 10.9 Å². The predicted octanol–water partition coefficient (Wildman–Crippen LogP) is 5.87. The smallest absolute Gasteiger partial charge is 0.309 e. The lowest BCUT2D eigenvalue weighted by Gasteiger charge is -2.14. The number of rotatable bonds is 4. The number of nitrogens with one attached hydrogen (secondary N) is 1. The maximum absolute atomic E-state index is 12.9. The molecule has 0 unspecified atom stereocenters. The number of benzene rings is 2. The van der Waals surface area contributed by atoms with E-state index in [1.54, 1.807) is 6.20 Å². The van der Waals surface area contributed by atoms with Gasteiger partial charge in [0.2, 0.25) is 0 Å². The molecule has 0 atom stereocenters. The van der Waals surface area contributed by atoms with E-state index in [0.29, 0.717) is 0 Å². The number of aryl methyl sites for hydroxylation is 1. The highest BCUT2D eigenvalue weighted by molar-refractivity contribution is 5.81. The molecule has 148 valence electrons. The van der Waals surface area contributed by atoms with Gasteiger partial charge in [-0.1, -0.05) is 18.2 Å². The highest BCUT2D eigenvalue weighted by Gasteiger charge is 2.36. The second kappa shape index (κ2) is 7.43. The Morgan fingerprint density at radius 2 is 1.43 bits per heavy atom. The summed E-state index contributed by atoms with van der Waals surface area (Å²) in [6.07, 6.45) is -8.07. The van der Waals surface area contributed by atoms with Gasteiger partial charge >= 0.3 is 12.4 Å². The third-order valence-corrected chi connectivity index (χ3v) is 4.28. The van der Waals surface area contributed by atoms with Gasteiger partial charge in [-0.05, 0) is 47.9 Å². The molecular weight excluding hydrogens is 382 g/mol. The third-order valence-electron chi connectivity index (χ3n) is 4.28. The quantitative estimate of drug-likeness (QED) is 0.556. The van der Waals surface area contributed by atoms with Crippen molar-refractivity contribution in [1.82, 2.24) is 10.3 Å². The van der Waals surface area contributed by atoms with E-state index in [-0.39, 0.29) is 24.7 Å². The zero-order valence-electron chi connectivity index (χ0n) is 14.7. The third kappa shape index (κ3) is 4.62. The Bertz CT molecular complexity index is 960. The summed E-state index contributed by atoms with van der Waals surface area (Å²) in [5.74, 6) is 0.